The lowest BCUT2D eigenvalue weighted by Gasteiger charge is -2.26. The van der Waals surface area contributed by atoms with Crippen LogP contribution in [0.15, 0.2) is 12.3 Å². The smallest absolute Gasteiger partial charge is 0.307 e. The van der Waals surface area contributed by atoms with E-state index < -0.39 is 17.8 Å². The number of nitrogens with one attached hydrogen (secondary N) is 1. The fraction of sp³-hybridized carbons (Fsp3) is 0.615. The zero-order chi connectivity index (χ0) is 13.6. The van der Waals surface area contributed by atoms with Crippen LogP contribution in [-0.2, 0) is 16.6 Å². The zero-order valence-corrected chi connectivity index (χ0v) is 10.7. The van der Waals surface area contributed by atoms with Crippen molar-refractivity contribution < 1.29 is 14.7 Å². The standard InChI is InChI=1S/C13H17N3O3/c1-16-5-4-9(15-16)14-12(17)10-7-2-3-8(6-7)11(10)13(18)19/h4-5,7-8,10-11H,2-3,6H2,1H3,(H,18,19)(H,14,15,17). The summed E-state index contributed by atoms with van der Waals surface area (Å²) in [5.41, 5.74) is 0. The van der Waals surface area contributed by atoms with E-state index in [1.807, 2.05) is 0 Å². The molecule has 1 amide bonds. The first-order valence-corrected chi connectivity index (χ1v) is 6.59. The molecule has 0 radical (unpaired) electrons. The topological polar surface area (TPSA) is 84.2 Å². The Hall–Kier alpha value is -1.85. The number of hydrogen-bond acceptors (Lipinski definition) is 3. The van der Waals surface area contributed by atoms with Crippen LogP contribution in [0.1, 0.15) is 19.3 Å². The highest BCUT2D eigenvalue weighted by Gasteiger charge is 2.54. The zero-order valence-electron chi connectivity index (χ0n) is 10.7. The number of aliphatic carboxylic acids is 1. The number of nitrogens with zero attached hydrogens (tertiary/aromatic N) is 2. The minimum absolute atomic E-state index is 0.169. The van der Waals surface area contributed by atoms with Gasteiger partial charge in [-0.15, -0.1) is 0 Å². The Balaban J connectivity index is 1.77. The highest BCUT2D eigenvalue weighted by atomic mass is 16.4. The highest BCUT2D eigenvalue weighted by molar-refractivity contribution is 5.95. The van der Waals surface area contributed by atoms with Gasteiger partial charge in [-0.25, -0.2) is 0 Å². The third-order valence-corrected chi connectivity index (χ3v) is 4.47. The molecule has 2 aliphatic rings. The summed E-state index contributed by atoms with van der Waals surface area (Å²) in [5, 5.41) is 16.2. The van der Waals surface area contributed by atoms with Gasteiger partial charge >= 0.3 is 5.97 Å². The van der Waals surface area contributed by atoms with Gasteiger partial charge in [-0.1, -0.05) is 0 Å². The Kier molecular flexibility index (Phi) is 2.80. The molecule has 2 fully saturated rings. The quantitative estimate of drug-likeness (QED) is 0.855. The molecule has 102 valence electrons. The summed E-state index contributed by atoms with van der Waals surface area (Å²) in [6.45, 7) is 0. The minimum atomic E-state index is -0.839. The van der Waals surface area contributed by atoms with Crippen LogP contribution in [0.4, 0.5) is 5.82 Å². The maximum atomic E-state index is 12.3. The number of amides is 1. The van der Waals surface area contributed by atoms with Gasteiger partial charge in [-0.2, -0.15) is 5.10 Å². The first-order valence-electron chi connectivity index (χ1n) is 6.59. The van der Waals surface area contributed by atoms with Gasteiger partial charge in [0, 0.05) is 19.3 Å². The third-order valence-electron chi connectivity index (χ3n) is 4.47. The van der Waals surface area contributed by atoms with Crippen LogP contribution in [0, 0.1) is 23.7 Å². The minimum Gasteiger partial charge on any atom is -0.481 e. The number of anilines is 1. The predicted molar refractivity (Wildman–Crippen MR) is 67.3 cm³/mol. The normalized spacial score (nSPS) is 32.5. The first-order chi connectivity index (χ1) is 9.06. The summed E-state index contributed by atoms with van der Waals surface area (Å²) in [5.74, 6) is -1.09. The maximum Gasteiger partial charge on any atom is 0.307 e. The monoisotopic (exact) mass is 263 g/mol. The van der Waals surface area contributed by atoms with Gasteiger partial charge in [0.1, 0.15) is 0 Å². The van der Waals surface area contributed by atoms with E-state index in [2.05, 4.69) is 10.4 Å². The molecule has 2 aliphatic carbocycles. The van der Waals surface area contributed by atoms with Gasteiger partial charge in [0.25, 0.3) is 0 Å². The average molecular weight is 263 g/mol. The molecule has 1 aromatic rings. The van der Waals surface area contributed by atoms with Crippen molar-refractivity contribution in [2.45, 2.75) is 19.3 Å². The van der Waals surface area contributed by atoms with Gasteiger partial charge in [0.2, 0.25) is 5.91 Å². The number of aromatic nitrogens is 2. The summed E-state index contributed by atoms with van der Waals surface area (Å²) < 4.78 is 1.60. The molecule has 2 N–H and O–H groups in total. The average Bonchev–Trinajstić information content (AvgIpc) is 3.03. The molecule has 19 heavy (non-hydrogen) atoms. The number of carbonyl (C=O) groups excluding carboxylic acids is 1. The molecule has 6 heteroatoms. The van der Waals surface area contributed by atoms with Crippen molar-refractivity contribution >= 4 is 17.7 Å². The fourth-order valence-corrected chi connectivity index (χ4v) is 3.72. The van der Waals surface area contributed by atoms with Crippen molar-refractivity contribution in [1.82, 2.24) is 9.78 Å². The van der Waals surface area contributed by atoms with Crippen molar-refractivity contribution in [3.05, 3.63) is 12.3 Å². The summed E-state index contributed by atoms with van der Waals surface area (Å²) in [6, 6.07) is 1.71. The molecule has 0 aromatic carbocycles. The van der Waals surface area contributed by atoms with E-state index in [4.69, 9.17) is 0 Å². The molecule has 0 spiro atoms. The fourth-order valence-electron chi connectivity index (χ4n) is 3.72. The summed E-state index contributed by atoms with van der Waals surface area (Å²) in [7, 11) is 1.77. The molecule has 0 saturated heterocycles. The maximum absolute atomic E-state index is 12.3. The second-order valence-electron chi connectivity index (χ2n) is 5.59. The first kappa shape index (κ1) is 12.2. The number of carboxylic acids is 1. The van der Waals surface area contributed by atoms with E-state index >= 15 is 0 Å². The number of fused-ring (bicyclic) bond motifs is 2. The van der Waals surface area contributed by atoms with Crippen molar-refractivity contribution in [2.24, 2.45) is 30.7 Å². The largest absolute Gasteiger partial charge is 0.481 e. The molecular formula is C13H17N3O3. The summed E-state index contributed by atoms with van der Waals surface area (Å²) >= 11 is 0. The van der Waals surface area contributed by atoms with Gasteiger partial charge in [-0.3, -0.25) is 14.3 Å². The third kappa shape index (κ3) is 2.01. The molecular weight excluding hydrogens is 246 g/mol. The number of aryl methyl sites for hydroxylation is 1. The van der Waals surface area contributed by atoms with Crippen LogP contribution < -0.4 is 5.32 Å². The van der Waals surface area contributed by atoms with Gasteiger partial charge in [0.05, 0.1) is 11.8 Å². The van der Waals surface area contributed by atoms with Crippen LogP contribution >= 0.6 is 0 Å². The Labute approximate surface area is 110 Å². The molecule has 1 aromatic heterocycles. The Morgan fingerprint density at radius 1 is 1.37 bits per heavy atom. The van der Waals surface area contributed by atoms with Crippen LogP contribution in [0.5, 0.6) is 0 Å². The Morgan fingerprint density at radius 2 is 2.05 bits per heavy atom. The number of hydrogen-bond donors (Lipinski definition) is 2. The molecule has 1 heterocycles. The summed E-state index contributed by atoms with van der Waals surface area (Å²) in [4.78, 5) is 23.7. The van der Waals surface area contributed by atoms with Gasteiger partial charge in [-0.05, 0) is 31.1 Å². The lowest BCUT2D eigenvalue weighted by molar-refractivity contribution is -0.148. The van der Waals surface area contributed by atoms with Crippen molar-refractivity contribution in [1.29, 1.82) is 0 Å². The van der Waals surface area contributed by atoms with Crippen LogP contribution in [-0.4, -0.2) is 26.8 Å². The van der Waals surface area contributed by atoms with Crippen molar-refractivity contribution in [3.8, 4) is 0 Å². The van der Waals surface area contributed by atoms with Gasteiger partial charge < -0.3 is 10.4 Å². The molecule has 4 unspecified atom stereocenters. The molecule has 6 nitrogen and oxygen atoms in total. The second kappa shape index (κ2) is 4.36. The SMILES string of the molecule is Cn1ccc(NC(=O)C2C3CCC(C3)C2C(=O)O)n1. The molecule has 0 aliphatic heterocycles. The van der Waals surface area contributed by atoms with E-state index in [0.29, 0.717) is 5.82 Å². The predicted octanol–water partition coefficient (Wildman–Crippen LogP) is 1.11. The number of carboxylic acid groups (broad SMARTS) is 1. The van der Waals surface area contributed by atoms with E-state index in [1.165, 1.54) is 0 Å². The molecule has 2 saturated carbocycles. The van der Waals surface area contributed by atoms with E-state index in [1.54, 1.807) is 24.0 Å². The second-order valence-corrected chi connectivity index (χ2v) is 5.59. The Morgan fingerprint density at radius 3 is 2.63 bits per heavy atom. The Bertz CT molecular complexity index is 525. The molecule has 3 rings (SSSR count). The van der Waals surface area contributed by atoms with Crippen LogP contribution in [0.2, 0.25) is 0 Å². The lowest BCUT2D eigenvalue weighted by Crippen LogP contribution is -2.37. The van der Waals surface area contributed by atoms with Crippen molar-refractivity contribution in [2.75, 3.05) is 5.32 Å². The number of carbonyl (C=O) groups is 2. The van der Waals surface area contributed by atoms with Crippen LogP contribution in [0.3, 0.4) is 0 Å². The van der Waals surface area contributed by atoms with E-state index in [-0.39, 0.29) is 17.7 Å². The van der Waals surface area contributed by atoms with Crippen LogP contribution in [0.25, 0.3) is 0 Å². The van der Waals surface area contributed by atoms with Gasteiger partial charge in [0.15, 0.2) is 5.82 Å². The lowest BCUT2D eigenvalue weighted by atomic mass is 9.79. The molecule has 2 bridgehead atoms. The van der Waals surface area contributed by atoms with E-state index in [9.17, 15) is 14.7 Å². The van der Waals surface area contributed by atoms with E-state index in [0.717, 1.165) is 19.3 Å². The number of rotatable bonds is 3. The molecule has 4 atom stereocenters. The summed E-state index contributed by atoms with van der Waals surface area (Å²) in [6.07, 6.45) is 4.52. The van der Waals surface area contributed by atoms with Crippen molar-refractivity contribution in [3.63, 3.8) is 0 Å². The highest BCUT2D eigenvalue weighted by Crippen LogP contribution is 2.52.